The van der Waals surface area contributed by atoms with Crippen LogP contribution in [0.3, 0.4) is 0 Å². The van der Waals surface area contributed by atoms with Gasteiger partial charge < -0.3 is 9.84 Å². The van der Waals surface area contributed by atoms with Gasteiger partial charge in [0.1, 0.15) is 6.10 Å². The quantitative estimate of drug-likeness (QED) is 0.404. The Morgan fingerprint density at radius 2 is 1.57 bits per heavy atom. The zero-order chi connectivity index (χ0) is 27.4. The molecule has 0 saturated heterocycles. The Hall–Kier alpha value is -1.65. The first kappa shape index (κ1) is 26.9. The summed E-state index contributed by atoms with van der Waals surface area (Å²) in [5.74, 6) is -0.565. The SMILES string of the molecule is CC(=O)O[C@H]1CC[C@@]2(C)[C@H](CC[C@]3(C)[C@@H]2C(=O)C=C2[C@@H]4CC(C)(C)CC[C@]4(C(=O)O)CC[C@]23C)C1(C)C. The lowest BCUT2D eigenvalue weighted by atomic mass is 9.33. The fourth-order valence-corrected chi connectivity index (χ4v) is 10.8. The first-order chi connectivity index (χ1) is 16.9. The molecule has 8 atom stereocenters. The molecule has 0 spiro atoms. The molecule has 5 heteroatoms. The number of allylic oxidation sites excluding steroid dienone is 2. The van der Waals surface area contributed by atoms with Gasteiger partial charge in [0.05, 0.1) is 5.41 Å². The first-order valence-electron chi connectivity index (χ1n) is 14.6. The van der Waals surface area contributed by atoms with Crippen molar-refractivity contribution in [3.63, 3.8) is 0 Å². The molecule has 0 amide bonds. The number of hydrogen-bond donors (Lipinski definition) is 1. The van der Waals surface area contributed by atoms with Gasteiger partial charge in [0.25, 0.3) is 0 Å². The number of carbonyl (C=O) groups is 3. The van der Waals surface area contributed by atoms with Crippen LogP contribution in [0.15, 0.2) is 11.6 Å². The fourth-order valence-electron chi connectivity index (χ4n) is 10.8. The van der Waals surface area contributed by atoms with E-state index in [0.29, 0.717) is 12.8 Å². The van der Waals surface area contributed by atoms with Gasteiger partial charge in [0.2, 0.25) is 0 Å². The summed E-state index contributed by atoms with van der Waals surface area (Å²) in [6.07, 6.45) is 9.44. The number of esters is 1. The summed E-state index contributed by atoms with van der Waals surface area (Å²) >= 11 is 0. The second kappa shape index (κ2) is 7.94. The fraction of sp³-hybridized carbons (Fsp3) is 0.844. The van der Waals surface area contributed by atoms with Gasteiger partial charge in [-0.2, -0.15) is 0 Å². The summed E-state index contributed by atoms with van der Waals surface area (Å²) in [4.78, 5) is 39.1. The Morgan fingerprint density at radius 1 is 0.919 bits per heavy atom. The number of carboxylic acids is 1. The maximum Gasteiger partial charge on any atom is 0.310 e. The molecule has 0 aromatic rings. The molecule has 0 unspecified atom stereocenters. The summed E-state index contributed by atoms with van der Waals surface area (Å²) in [5, 5.41) is 10.5. The minimum atomic E-state index is -0.741. The molecule has 0 aromatic heterocycles. The van der Waals surface area contributed by atoms with Gasteiger partial charge in [-0.25, -0.2) is 0 Å². The number of ketones is 1. The predicted molar refractivity (Wildman–Crippen MR) is 143 cm³/mol. The highest BCUT2D eigenvalue weighted by atomic mass is 16.5. The van der Waals surface area contributed by atoms with Crippen molar-refractivity contribution < 1.29 is 24.2 Å². The third-order valence-corrected chi connectivity index (χ3v) is 13.1. The van der Waals surface area contributed by atoms with Crippen LogP contribution in [0, 0.1) is 50.2 Å². The number of hydrogen-bond acceptors (Lipinski definition) is 4. The monoisotopic (exact) mass is 512 g/mol. The average molecular weight is 513 g/mol. The molecule has 5 rings (SSSR count). The highest BCUT2D eigenvalue weighted by Gasteiger charge is 2.71. The minimum absolute atomic E-state index is 0.0732. The van der Waals surface area contributed by atoms with E-state index in [1.165, 1.54) is 6.92 Å². The summed E-state index contributed by atoms with van der Waals surface area (Å²) in [6, 6.07) is 0. The Balaban J connectivity index is 1.60. The molecule has 0 heterocycles. The Morgan fingerprint density at radius 3 is 2.19 bits per heavy atom. The standard InChI is InChI=1S/C32H48O5/c1-19(33)37-24-10-11-29(6)23(28(24,4)5)9-12-31(8)25(29)22(34)17-20-21-18-27(2,3)13-15-32(21,26(35)36)16-14-30(20,31)7/h17,21,23-25H,9-16,18H2,1-8H3,(H,35,36)/t21-,23+,24-,25+,29-,30+,31+,32-/m0/s1. The maximum absolute atomic E-state index is 14.4. The molecule has 5 aliphatic rings. The van der Waals surface area contributed by atoms with Crippen LogP contribution in [0.1, 0.15) is 113 Å². The normalized spacial score (nSPS) is 47.9. The van der Waals surface area contributed by atoms with Crippen molar-refractivity contribution >= 4 is 17.7 Å². The third kappa shape index (κ3) is 3.43. The van der Waals surface area contributed by atoms with Crippen LogP contribution >= 0.6 is 0 Å². The lowest BCUT2D eigenvalue weighted by Crippen LogP contribution is -2.67. The molecule has 0 aliphatic heterocycles. The van der Waals surface area contributed by atoms with Crippen LogP contribution in [-0.4, -0.2) is 28.9 Å². The van der Waals surface area contributed by atoms with E-state index in [1.807, 2.05) is 6.08 Å². The molecule has 37 heavy (non-hydrogen) atoms. The van der Waals surface area contributed by atoms with E-state index in [-0.39, 0.29) is 62.7 Å². The lowest BCUT2D eigenvalue weighted by Gasteiger charge is -2.70. The predicted octanol–water partition coefficient (Wildman–Crippen LogP) is 6.98. The smallest absolute Gasteiger partial charge is 0.310 e. The number of carbonyl (C=O) groups excluding carboxylic acids is 2. The average Bonchev–Trinajstić information content (AvgIpc) is 2.76. The number of fused-ring (bicyclic) bond motifs is 7. The highest BCUT2D eigenvalue weighted by molar-refractivity contribution is 5.96. The van der Waals surface area contributed by atoms with E-state index in [9.17, 15) is 19.5 Å². The van der Waals surface area contributed by atoms with Crippen molar-refractivity contribution in [3.05, 3.63) is 11.6 Å². The summed E-state index contributed by atoms with van der Waals surface area (Å²) in [6.45, 7) is 17.5. The van der Waals surface area contributed by atoms with Crippen LogP contribution in [0.4, 0.5) is 0 Å². The van der Waals surface area contributed by atoms with Crippen LogP contribution in [-0.2, 0) is 19.1 Å². The number of carboxylic acid groups (broad SMARTS) is 1. The maximum atomic E-state index is 14.4. The second-order valence-electron chi connectivity index (χ2n) is 15.6. The van der Waals surface area contributed by atoms with E-state index < -0.39 is 11.4 Å². The number of ether oxygens (including phenoxy) is 1. The van der Waals surface area contributed by atoms with Gasteiger partial charge in [-0.3, -0.25) is 14.4 Å². The molecule has 5 aliphatic carbocycles. The van der Waals surface area contributed by atoms with Gasteiger partial charge in [-0.05, 0) is 97.4 Å². The molecule has 5 nitrogen and oxygen atoms in total. The molecule has 0 bridgehead atoms. The van der Waals surface area contributed by atoms with Crippen LogP contribution in [0.2, 0.25) is 0 Å². The van der Waals surface area contributed by atoms with Gasteiger partial charge in [0.15, 0.2) is 5.78 Å². The topological polar surface area (TPSA) is 80.7 Å². The van der Waals surface area contributed by atoms with Gasteiger partial charge >= 0.3 is 11.9 Å². The Bertz CT molecular complexity index is 1070. The van der Waals surface area contributed by atoms with E-state index in [0.717, 1.165) is 50.5 Å². The van der Waals surface area contributed by atoms with Gasteiger partial charge in [-0.1, -0.05) is 54.0 Å². The highest BCUT2D eigenvalue weighted by Crippen LogP contribution is 2.75. The number of rotatable bonds is 2. The minimum Gasteiger partial charge on any atom is -0.481 e. The number of aliphatic carboxylic acids is 1. The Kier molecular flexibility index (Phi) is 5.78. The van der Waals surface area contributed by atoms with Gasteiger partial charge in [-0.15, -0.1) is 0 Å². The zero-order valence-electron chi connectivity index (χ0n) is 24.3. The van der Waals surface area contributed by atoms with Crippen molar-refractivity contribution in [2.45, 2.75) is 119 Å². The molecular formula is C32H48O5. The summed E-state index contributed by atoms with van der Waals surface area (Å²) in [5.41, 5.74) is -0.301. The molecule has 1 N–H and O–H groups in total. The van der Waals surface area contributed by atoms with Crippen molar-refractivity contribution in [2.24, 2.45) is 50.2 Å². The van der Waals surface area contributed by atoms with Crippen molar-refractivity contribution in [2.75, 3.05) is 0 Å². The van der Waals surface area contributed by atoms with Crippen LogP contribution < -0.4 is 0 Å². The largest absolute Gasteiger partial charge is 0.481 e. The van der Waals surface area contributed by atoms with Gasteiger partial charge in [0, 0.05) is 18.3 Å². The van der Waals surface area contributed by atoms with Crippen molar-refractivity contribution in [3.8, 4) is 0 Å². The van der Waals surface area contributed by atoms with Crippen LogP contribution in [0.5, 0.6) is 0 Å². The Labute approximate surface area is 223 Å². The molecule has 206 valence electrons. The summed E-state index contributed by atoms with van der Waals surface area (Å²) < 4.78 is 5.81. The van der Waals surface area contributed by atoms with Crippen LogP contribution in [0.25, 0.3) is 0 Å². The summed E-state index contributed by atoms with van der Waals surface area (Å²) in [7, 11) is 0. The molecule has 4 fully saturated rings. The van der Waals surface area contributed by atoms with E-state index in [1.54, 1.807) is 0 Å². The molecular weight excluding hydrogens is 464 g/mol. The van der Waals surface area contributed by atoms with Crippen molar-refractivity contribution in [1.29, 1.82) is 0 Å². The van der Waals surface area contributed by atoms with E-state index >= 15 is 0 Å². The molecule has 4 saturated carbocycles. The second-order valence-corrected chi connectivity index (χ2v) is 15.6. The third-order valence-electron chi connectivity index (χ3n) is 13.1. The lowest BCUT2D eigenvalue weighted by molar-refractivity contribution is -0.211. The van der Waals surface area contributed by atoms with Crippen molar-refractivity contribution in [1.82, 2.24) is 0 Å². The molecule has 0 radical (unpaired) electrons. The first-order valence-corrected chi connectivity index (χ1v) is 14.6. The zero-order valence-corrected chi connectivity index (χ0v) is 24.3. The van der Waals surface area contributed by atoms with E-state index in [2.05, 4.69) is 48.5 Å². The van der Waals surface area contributed by atoms with E-state index in [4.69, 9.17) is 4.74 Å². The molecule has 0 aromatic carbocycles.